The monoisotopic (exact) mass is 210 g/mol. The molecule has 15 heavy (non-hydrogen) atoms. The van der Waals surface area contributed by atoms with Gasteiger partial charge in [0.2, 0.25) is 0 Å². The number of benzene rings is 1. The zero-order valence-corrected chi connectivity index (χ0v) is 8.86. The van der Waals surface area contributed by atoms with Gasteiger partial charge in [-0.1, -0.05) is 0 Å². The number of methoxy groups -OCH3 is 2. The van der Waals surface area contributed by atoms with Crippen LogP contribution in [0.1, 0.15) is 0 Å². The molecule has 1 saturated heterocycles. The maximum Gasteiger partial charge on any atom is 0.164 e. The molecule has 0 aliphatic carbocycles. The van der Waals surface area contributed by atoms with Crippen LogP contribution in [0.3, 0.4) is 0 Å². The first-order valence-corrected chi connectivity index (χ1v) is 4.80. The molecule has 4 heteroatoms. The molecule has 1 atom stereocenters. The Labute approximate surface area is 88.7 Å². The van der Waals surface area contributed by atoms with E-state index in [2.05, 4.69) is 0 Å². The molecule has 0 aromatic heterocycles. The lowest BCUT2D eigenvalue weighted by Gasteiger charge is -2.10. The van der Waals surface area contributed by atoms with Gasteiger partial charge in [0.1, 0.15) is 18.5 Å². The second kappa shape index (κ2) is 4.40. The lowest BCUT2D eigenvalue weighted by Crippen LogP contribution is -2.05. The first-order valence-electron chi connectivity index (χ1n) is 4.80. The predicted octanol–water partition coefficient (Wildman–Crippen LogP) is 1.48. The van der Waals surface area contributed by atoms with Crippen molar-refractivity contribution in [3.63, 3.8) is 0 Å². The van der Waals surface area contributed by atoms with Gasteiger partial charge in [-0.2, -0.15) is 0 Å². The fraction of sp³-hybridized carbons (Fsp3) is 0.455. The van der Waals surface area contributed by atoms with Crippen LogP contribution in [0.4, 0.5) is 0 Å². The van der Waals surface area contributed by atoms with Gasteiger partial charge < -0.3 is 18.9 Å². The molecule has 1 aliphatic heterocycles. The minimum Gasteiger partial charge on any atom is -0.497 e. The van der Waals surface area contributed by atoms with Gasteiger partial charge in [0, 0.05) is 6.07 Å². The van der Waals surface area contributed by atoms with Crippen LogP contribution in [-0.2, 0) is 4.74 Å². The van der Waals surface area contributed by atoms with E-state index in [-0.39, 0.29) is 6.10 Å². The van der Waals surface area contributed by atoms with Crippen molar-refractivity contribution < 1.29 is 18.9 Å². The van der Waals surface area contributed by atoms with Crippen molar-refractivity contribution in [2.75, 3.05) is 27.4 Å². The van der Waals surface area contributed by atoms with Crippen molar-refractivity contribution in [2.45, 2.75) is 6.10 Å². The number of hydrogen-bond acceptors (Lipinski definition) is 4. The summed E-state index contributed by atoms with van der Waals surface area (Å²) >= 11 is 0. The normalized spacial score (nSPS) is 18.4. The van der Waals surface area contributed by atoms with Crippen molar-refractivity contribution in [1.29, 1.82) is 0 Å². The molecule has 4 nitrogen and oxygen atoms in total. The molecule has 82 valence electrons. The molecule has 1 fully saturated rings. The SMILES string of the molecule is COc1ccc(OCC2CO2)c(OC)c1. The summed E-state index contributed by atoms with van der Waals surface area (Å²) in [6.45, 7) is 1.36. The van der Waals surface area contributed by atoms with Crippen molar-refractivity contribution >= 4 is 0 Å². The van der Waals surface area contributed by atoms with Crippen molar-refractivity contribution in [2.24, 2.45) is 0 Å². The Morgan fingerprint density at radius 2 is 2.07 bits per heavy atom. The summed E-state index contributed by atoms with van der Waals surface area (Å²) in [5, 5.41) is 0. The standard InChI is InChI=1S/C11H14O4/c1-12-8-3-4-10(11(5-8)13-2)15-7-9-6-14-9/h3-5,9H,6-7H2,1-2H3. The lowest BCUT2D eigenvalue weighted by molar-refractivity contribution is 0.251. The molecule has 1 aliphatic rings. The van der Waals surface area contributed by atoms with Crippen LogP contribution in [0, 0.1) is 0 Å². The van der Waals surface area contributed by atoms with Gasteiger partial charge >= 0.3 is 0 Å². The smallest absolute Gasteiger partial charge is 0.164 e. The molecule has 1 aromatic rings. The second-order valence-corrected chi connectivity index (χ2v) is 3.28. The third-order valence-corrected chi connectivity index (χ3v) is 2.20. The summed E-state index contributed by atoms with van der Waals surface area (Å²) in [6.07, 6.45) is 0.247. The summed E-state index contributed by atoms with van der Waals surface area (Å²) in [6, 6.07) is 5.47. The zero-order valence-electron chi connectivity index (χ0n) is 8.86. The summed E-state index contributed by atoms with van der Waals surface area (Å²) < 4.78 is 20.9. The van der Waals surface area contributed by atoms with Crippen LogP contribution in [0.5, 0.6) is 17.2 Å². The highest BCUT2D eigenvalue weighted by Gasteiger charge is 2.23. The second-order valence-electron chi connectivity index (χ2n) is 3.28. The third-order valence-electron chi connectivity index (χ3n) is 2.20. The van der Waals surface area contributed by atoms with Gasteiger partial charge in [-0.15, -0.1) is 0 Å². The van der Waals surface area contributed by atoms with E-state index in [0.29, 0.717) is 18.1 Å². The molecule has 0 radical (unpaired) electrons. The van der Waals surface area contributed by atoms with Crippen LogP contribution >= 0.6 is 0 Å². The van der Waals surface area contributed by atoms with Gasteiger partial charge in [-0.25, -0.2) is 0 Å². The number of ether oxygens (including phenoxy) is 4. The van der Waals surface area contributed by atoms with Crippen molar-refractivity contribution in [3.8, 4) is 17.2 Å². The summed E-state index contributed by atoms with van der Waals surface area (Å²) in [4.78, 5) is 0. The van der Waals surface area contributed by atoms with E-state index in [9.17, 15) is 0 Å². The Bertz CT molecular complexity index is 333. The van der Waals surface area contributed by atoms with Gasteiger partial charge in [0.25, 0.3) is 0 Å². The average Bonchev–Trinajstić information content (AvgIpc) is 3.10. The van der Waals surface area contributed by atoms with Crippen LogP contribution < -0.4 is 14.2 Å². The van der Waals surface area contributed by atoms with E-state index in [1.54, 1.807) is 20.3 Å². The highest BCUT2D eigenvalue weighted by Crippen LogP contribution is 2.31. The molecule has 2 rings (SSSR count). The lowest BCUT2D eigenvalue weighted by atomic mass is 10.3. The fourth-order valence-corrected chi connectivity index (χ4v) is 1.24. The van der Waals surface area contributed by atoms with E-state index < -0.39 is 0 Å². The molecule has 0 amide bonds. The minimum absolute atomic E-state index is 0.247. The van der Waals surface area contributed by atoms with Crippen LogP contribution in [0.25, 0.3) is 0 Å². The quantitative estimate of drug-likeness (QED) is 0.690. The van der Waals surface area contributed by atoms with E-state index >= 15 is 0 Å². The predicted molar refractivity (Wildman–Crippen MR) is 54.8 cm³/mol. The maximum atomic E-state index is 5.55. The van der Waals surface area contributed by atoms with Gasteiger partial charge in [0.15, 0.2) is 11.5 Å². The number of hydrogen-bond donors (Lipinski definition) is 0. The molecule has 1 unspecified atom stereocenters. The molecule has 1 aromatic carbocycles. The number of epoxide rings is 1. The molecular formula is C11H14O4. The van der Waals surface area contributed by atoms with Crippen LogP contribution in [-0.4, -0.2) is 33.5 Å². The Morgan fingerprint density at radius 3 is 2.67 bits per heavy atom. The molecule has 0 N–H and O–H groups in total. The Morgan fingerprint density at radius 1 is 1.27 bits per heavy atom. The highest BCUT2D eigenvalue weighted by molar-refractivity contribution is 5.45. The minimum atomic E-state index is 0.247. The van der Waals surface area contributed by atoms with Crippen LogP contribution in [0.2, 0.25) is 0 Å². The molecule has 0 spiro atoms. The fourth-order valence-electron chi connectivity index (χ4n) is 1.24. The zero-order chi connectivity index (χ0) is 10.7. The largest absolute Gasteiger partial charge is 0.497 e. The van der Waals surface area contributed by atoms with Crippen molar-refractivity contribution in [1.82, 2.24) is 0 Å². The van der Waals surface area contributed by atoms with E-state index in [0.717, 1.165) is 12.4 Å². The molecule has 1 heterocycles. The highest BCUT2D eigenvalue weighted by atomic mass is 16.6. The van der Waals surface area contributed by atoms with Gasteiger partial charge in [0.05, 0.1) is 20.8 Å². The van der Waals surface area contributed by atoms with Crippen molar-refractivity contribution in [3.05, 3.63) is 18.2 Å². The average molecular weight is 210 g/mol. The Hall–Kier alpha value is -1.42. The molecule has 0 bridgehead atoms. The third kappa shape index (κ3) is 2.53. The van der Waals surface area contributed by atoms with E-state index in [1.165, 1.54) is 0 Å². The first-order chi connectivity index (χ1) is 7.33. The topological polar surface area (TPSA) is 40.2 Å². The summed E-state index contributed by atoms with van der Waals surface area (Å²) in [5.41, 5.74) is 0. The maximum absolute atomic E-state index is 5.55. The van der Waals surface area contributed by atoms with E-state index in [4.69, 9.17) is 18.9 Å². The first kappa shape index (κ1) is 10.1. The van der Waals surface area contributed by atoms with Crippen LogP contribution in [0.15, 0.2) is 18.2 Å². The van der Waals surface area contributed by atoms with Gasteiger partial charge in [-0.05, 0) is 12.1 Å². The summed E-state index contributed by atoms with van der Waals surface area (Å²) in [5.74, 6) is 2.14. The number of rotatable bonds is 5. The Balaban J connectivity index is 2.06. The molecule has 0 saturated carbocycles. The van der Waals surface area contributed by atoms with Gasteiger partial charge in [-0.3, -0.25) is 0 Å². The van der Waals surface area contributed by atoms with E-state index in [1.807, 2.05) is 12.1 Å². The summed E-state index contributed by atoms with van der Waals surface area (Å²) in [7, 11) is 3.22. The Kier molecular flexibility index (Phi) is 2.97. The molecular weight excluding hydrogens is 196 g/mol.